The summed E-state index contributed by atoms with van der Waals surface area (Å²) in [7, 11) is 0. The summed E-state index contributed by atoms with van der Waals surface area (Å²) in [5.41, 5.74) is 0. The van der Waals surface area contributed by atoms with Crippen LogP contribution < -0.4 is 0 Å². The number of hydrogen-bond acceptors (Lipinski definition) is 3. The second-order valence-electron chi connectivity index (χ2n) is 7.21. The zero-order valence-corrected chi connectivity index (χ0v) is 14.1. The zero-order chi connectivity index (χ0) is 16.5. The van der Waals surface area contributed by atoms with Gasteiger partial charge in [0.05, 0.1) is 13.2 Å². The van der Waals surface area contributed by atoms with E-state index in [0.29, 0.717) is 0 Å². The fraction of sp³-hybridized carbons (Fsp3) is 0.944. The number of ether oxygens (including phenoxy) is 2. The van der Waals surface area contributed by atoms with Crippen LogP contribution in [0.15, 0.2) is 0 Å². The summed E-state index contributed by atoms with van der Waals surface area (Å²) < 4.78 is 11.1. The van der Waals surface area contributed by atoms with Gasteiger partial charge in [-0.25, -0.2) is 4.79 Å². The van der Waals surface area contributed by atoms with E-state index in [0.717, 1.165) is 37.4 Å². The van der Waals surface area contributed by atoms with E-state index in [1.165, 1.54) is 64.2 Å². The number of hydrogen-bond donors (Lipinski definition) is 2. The Morgan fingerprint density at radius 2 is 1.30 bits per heavy atom. The molecule has 0 amide bonds. The molecule has 0 aromatic carbocycles. The van der Waals surface area contributed by atoms with Gasteiger partial charge in [0.15, 0.2) is 6.29 Å². The van der Waals surface area contributed by atoms with Gasteiger partial charge in [-0.2, -0.15) is 0 Å². The minimum Gasteiger partial charge on any atom is -0.450 e. The average molecular weight is 328 g/mol. The molecule has 5 nitrogen and oxygen atoms in total. The van der Waals surface area contributed by atoms with E-state index in [9.17, 15) is 0 Å². The van der Waals surface area contributed by atoms with Gasteiger partial charge >= 0.3 is 6.16 Å². The lowest BCUT2D eigenvalue weighted by molar-refractivity contribution is -0.0514. The molecule has 134 valence electrons. The highest BCUT2D eigenvalue weighted by molar-refractivity contribution is 5.53. The molecule has 23 heavy (non-hydrogen) atoms. The van der Waals surface area contributed by atoms with Gasteiger partial charge in [-0.05, 0) is 43.4 Å². The second-order valence-corrected chi connectivity index (χ2v) is 7.21. The summed E-state index contributed by atoms with van der Waals surface area (Å²) in [6.07, 6.45) is 14.2. The van der Waals surface area contributed by atoms with Gasteiger partial charge in [0, 0.05) is 0 Å². The van der Waals surface area contributed by atoms with Crippen molar-refractivity contribution in [2.45, 2.75) is 76.9 Å². The number of carbonyl (C=O) groups is 1. The van der Waals surface area contributed by atoms with Gasteiger partial charge in [0.1, 0.15) is 0 Å². The Morgan fingerprint density at radius 3 is 1.87 bits per heavy atom. The summed E-state index contributed by atoms with van der Waals surface area (Å²) in [5.74, 6) is 3.10. The zero-order valence-electron chi connectivity index (χ0n) is 14.1. The van der Waals surface area contributed by atoms with E-state index >= 15 is 0 Å². The van der Waals surface area contributed by atoms with Crippen LogP contribution in [-0.4, -0.2) is 35.9 Å². The lowest BCUT2D eigenvalue weighted by Gasteiger charge is -2.36. The van der Waals surface area contributed by atoms with Gasteiger partial charge in [-0.3, -0.25) is 0 Å². The predicted octanol–water partition coefficient (Wildman–Crippen LogP) is 4.75. The summed E-state index contributed by atoms with van der Waals surface area (Å²) in [4.78, 5) is 8.56. The Labute approximate surface area is 139 Å². The maximum absolute atomic E-state index is 8.56. The van der Waals surface area contributed by atoms with Crippen molar-refractivity contribution in [3.8, 4) is 0 Å². The van der Waals surface area contributed by atoms with Crippen LogP contribution in [0.4, 0.5) is 4.79 Å². The van der Waals surface area contributed by atoms with Gasteiger partial charge in [0.25, 0.3) is 0 Å². The molecule has 3 fully saturated rings. The van der Waals surface area contributed by atoms with Crippen LogP contribution in [0.2, 0.25) is 0 Å². The third kappa shape index (κ3) is 7.08. The van der Waals surface area contributed by atoms with E-state index in [2.05, 4.69) is 0 Å². The molecule has 0 unspecified atom stereocenters. The molecule has 0 radical (unpaired) electrons. The SMILES string of the molecule is C1CCC([C@H]2CC[C@H](CCC3OCCO3)CC2)CC1.O=C(O)O. The number of carboxylic acid groups (broad SMARTS) is 2. The van der Waals surface area contributed by atoms with E-state index < -0.39 is 6.16 Å². The first-order valence-electron chi connectivity index (χ1n) is 9.30. The summed E-state index contributed by atoms with van der Waals surface area (Å²) in [6, 6.07) is 0. The second kappa shape index (κ2) is 10.1. The van der Waals surface area contributed by atoms with Crippen LogP contribution in [0, 0.1) is 17.8 Å². The molecule has 0 aromatic heterocycles. The number of rotatable bonds is 4. The van der Waals surface area contributed by atoms with E-state index in [-0.39, 0.29) is 6.29 Å². The molecule has 1 heterocycles. The van der Waals surface area contributed by atoms with Crippen LogP contribution >= 0.6 is 0 Å². The molecule has 0 spiro atoms. The van der Waals surface area contributed by atoms with Crippen molar-refractivity contribution in [1.29, 1.82) is 0 Å². The lowest BCUT2D eigenvalue weighted by atomic mass is 9.70. The first-order chi connectivity index (χ1) is 11.1. The first kappa shape index (κ1) is 18.5. The lowest BCUT2D eigenvalue weighted by Crippen LogP contribution is -2.24. The maximum Gasteiger partial charge on any atom is 0.503 e. The van der Waals surface area contributed by atoms with Crippen molar-refractivity contribution in [2.24, 2.45) is 17.8 Å². The average Bonchev–Trinajstić information content (AvgIpc) is 3.07. The largest absolute Gasteiger partial charge is 0.503 e. The summed E-state index contributed by atoms with van der Waals surface area (Å²) in [6.45, 7) is 1.61. The first-order valence-corrected chi connectivity index (χ1v) is 9.30. The molecule has 0 aromatic rings. The Balaban J connectivity index is 0.000000433. The molecule has 5 heteroatoms. The smallest absolute Gasteiger partial charge is 0.450 e. The van der Waals surface area contributed by atoms with Crippen molar-refractivity contribution >= 4 is 6.16 Å². The summed E-state index contributed by atoms with van der Waals surface area (Å²) in [5, 5.41) is 13.9. The molecular weight excluding hydrogens is 296 g/mol. The predicted molar refractivity (Wildman–Crippen MR) is 87.6 cm³/mol. The van der Waals surface area contributed by atoms with Gasteiger partial charge in [0.2, 0.25) is 0 Å². The Morgan fingerprint density at radius 1 is 0.783 bits per heavy atom. The Bertz CT molecular complexity index is 322. The standard InChI is InChI=1S/C17H30O2.CH2O3/c1-2-4-15(5-3-1)16-9-6-14(7-10-16)8-11-17-18-12-13-19-17;2-1(3)4/h14-17H,1-13H2;(H2,2,3,4)/t14-,16-;. The Hall–Kier alpha value is -0.810. The molecule has 0 bridgehead atoms. The van der Waals surface area contributed by atoms with Gasteiger partial charge in [-0.1, -0.05) is 44.9 Å². The minimum absolute atomic E-state index is 0.121. The maximum atomic E-state index is 8.56. The normalized spacial score (nSPS) is 29.7. The van der Waals surface area contributed by atoms with Crippen molar-refractivity contribution in [3.63, 3.8) is 0 Å². The third-order valence-corrected chi connectivity index (χ3v) is 5.71. The van der Waals surface area contributed by atoms with Crippen LogP contribution in [0.5, 0.6) is 0 Å². The molecule has 3 rings (SSSR count). The highest BCUT2D eigenvalue weighted by Gasteiger charge is 2.29. The molecule has 0 atom stereocenters. The van der Waals surface area contributed by atoms with Crippen molar-refractivity contribution in [1.82, 2.24) is 0 Å². The monoisotopic (exact) mass is 328 g/mol. The topological polar surface area (TPSA) is 76.0 Å². The van der Waals surface area contributed by atoms with Crippen LogP contribution in [0.1, 0.15) is 70.6 Å². The third-order valence-electron chi connectivity index (χ3n) is 5.71. The fourth-order valence-corrected chi connectivity index (χ4v) is 4.50. The van der Waals surface area contributed by atoms with E-state index in [4.69, 9.17) is 24.5 Å². The van der Waals surface area contributed by atoms with Crippen molar-refractivity contribution in [2.75, 3.05) is 13.2 Å². The molecule has 2 N–H and O–H groups in total. The van der Waals surface area contributed by atoms with Crippen LogP contribution in [0.25, 0.3) is 0 Å². The summed E-state index contributed by atoms with van der Waals surface area (Å²) >= 11 is 0. The molecular formula is C18H32O5. The molecule has 2 saturated carbocycles. The van der Waals surface area contributed by atoms with Crippen LogP contribution in [0.3, 0.4) is 0 Å². The van der Waals surface area contributed by atoms with Crippen molar-refractivity contribution in [3.05, 3.63) is 0 Å². The highest BCUT2D eigenvalue weighted by atomic mass is 16.7. The fourth-order valence-electron chi connectivity index (χ4n) is 4.50. The quantitative estimate of drug-likeness (QED) is 0.779. The van der Waals surface area contributed by atoms with Gasteiger partial charge < -0.3 is 19.7 Å². The molecule has 3 aliphatic rings. The minimum atomic E-state index is -1.83. The van der Waals surface area contributed by atoms with E-state index in [1.54, 1.807) is 0 Å². The molecule has 2 aliphatic carbocycles. The van der Waals surface area contributed by atoms with Crippen molar-refractivity contribution < 1.29 is 24.5 Å². The Kier molecular flexibility index (Phi) is 8.17. The van der Waals surface area contributed by atoms with E-state index in [1.807, 2.05) is 0 Å². The molecule has 1 saturated heterocycles. The van der Waals surface area contributed by atoms with Crippen LogP contribution in [-0.2, 0) is 9.47 Å². The highest BCUT2D eigenvalue weighted by Crippen LogP contribution is 2.41. The molecule has 1 aliphatic heterocycles. The van der Waals surface area contributed by atoms with Gasteiger partial charge in [-0.15, -0.1) is 0 Å².